The minimum absolute atomic E-state index is 0.0743. The first-order chi connectivity index (χ1) is 12.5. The van der Waals surface area contributed by atoms with Crippen molar-refractivity contribution < 1.29 is 15.0 Å². The molecule has 0 bridgehead atoms. The highest BCUT2D eigenvalue weighted by molar-refractivity contribution is 5.71. The first-order valence-electron chi connectivity index (χ1n) is 7.59. The zero-order valence-corrected chi connectivity index (χ0v) is 13.8. The van der Waals surface area contributed by atoms with Crippen molar-refractivity contribution in [3.8, 4) is 0 Å². The minimum atomic E-state index is -0.616. The Morgan fingerprint density at radius 2 is 1.81 bits per heavy atom. The number of nitrogens with one attached hydrogen (secondary N) is 2. The molecule has 0 aliphatic carbocycles. The third kappa shape index (κ3) is 4.30. The summed E-state index contributed by atoms with van der Waals surface area (Å²) in [6.45, 7) is 2.19. The molecule has 3 N–H and O–H groups in total. The summed E-state index contributed by atoms with van der Waals surface area (Å²) in [5.41, 5.74) is 5.35. The normalized spacial score (nSPS) is 10.2. The summed E-state index contributed by atoms with van der Waals surface area (Å²) < 4.78 is 0. The summed E-state index contributed by atoms with van der Waals surface area (Å²) in [6.07, 6.45) is 1.17. The highest BCUT2D eigenvalue weighted by atomic mass is 16.6. The van der Waals surface area contributed by atoms with Crippen molar-refractivity contribution >= 4 is 28.7 Å². The Hall–Kier alpha value is -3.54. The number of nitrogens with zero attached hydrogens (tertiary/aromatic N) is 5. The van der Waals surface area contributed by atoms with Crippen LogP contribution in [0, 0.1) is 20.2 Å². The van der Waals surface area contributed by atoms with E-state index in [1.54, 1.807) is 11.8 Å². The molecule has 0 aliphatic heterocycles. The lowest BCUT2D eigenvalue weighted by atomic mass is 10.3. The molecule has 1 aromatic carbocycles. The number of aromatic nitrogens is 2. The Morgan fingerprint density at radius 3 is 2.35 bits per heavy atom. The molecule has 2 rings (SSSR count). The van der Waals surface area contributed by atoms with Crippen molar-refractivity contribution in [1.82, 2.24) is 9.97 Å². The number of aliphatic hydroxyl groups is 1. The van der Waals surface area contributed by atoms with E-state index in [4.69, 9.17) is 5.11 Å². The molecule has 0 radical (unpaired) electrons. The van der Waals surface area contributed by atoms with Gasteiger partial charge in [-0.25, -0.2) is 9.97 Å². The third-order valence-corrected chi connectivity index (χ3v) is 3.44. The van der Waals surface area contributed by atoms with Gasteiger partial charge < -0.3 is 10.0 Å². The Bertz CT molecular complexity index is 784. The molecule has 26 heavy (non-hydrogen) atoms. The molecule has 2 aromatic rings. The highest BCUT2D eigenvalue weighted by Gasteiger charge is 2.26. The number of likely N-dealkylation sites (N-methyl/N-ethyl adjacent to an activating group) is 1. The van der Waals surface area contributed by atoms with Crippen molar-refractivity contribution in [3.05, 3.63) is 50.8 Å². The maximum atomic E-state index is 11.5. The van der Waals surface area contributed by atoms with Gasteiger partial charge in [0.2, 0.25) is 11.6 Å². The Kier molecular flexibility index (Phi) is 6.16. The van der Waals surface area contributed by atoms with Gasteiger partial charge in [-0.05, 0) is 19.1 Å². The highest BCUT2D eigenvalue weighted by Crippen LogP contribution is 2.31. The van der Waals surface area contributed by atoms with Gasteiger partial charge in [0.25, 0.3) is 5.69 Å². The van der Waals surface area contributed by atoms with Crippen LogP contribution in [0.1, 0.15) is 6.92 Å². The van der Waals surface area contributed by atoms with Crippen LogP contribution in [0.3, 0.4) is 0 Å². The number of hydrazine groups is 1. The smallest absolute Gasteiger partial charge is 0.355 e. The number of non-ortho nitro benzene ring substituents is 1. The molecular weight excluding hydrogens is 346 g/mol. The van der Waals surface area contributed by atoms with Crippen molar-refractivity contribution in [2.45, 2.75) is 6.92 Å². The maximum Gasteiger partial charge on any atom is 0.355 e. The van der Waals surface area contributed by atoms with Crippen LogP contribution in [0.15, 0.2) is 30.6 Å². The molecule has 0 aliphatic rings. The van der Waals surface area contributed by atoms with E-state index in [1.807, 2.05) is 0 Å². The summed E-state index contributed by atoms with van der Waals surface area (Å²) in [7, 11) is 0. The second kappa shape index (κ2) is 8.53. The summed E-state index contributed by atoms with van der Waals surface area (Å²) in [5.74, 6) is 0.00397. The lowest BCUT2D eigenvalue weighted by molar-refractivity contribution is -0.384. The quantitative estimate of drug-likeness (QED) is 0.440. The minimum Gasteiger partial charge on any atom is -0.395 e. The van der Waals surface area contributed by atoms with Gasteiger partial charge in [0.05, 0.1) is 22.1 Å². The zero-order valence-electron chi connectivity index (χ0n) is 13.8. The van der Waals surface area contributed by atoms with E-state index < -0.39 is 9.85 Å². The lowest BCUT2D eigenvalue weighted by Gasteiger charge is -2.21. The fraction of sp³-hybridized carbons (Fsp3) is 0.286. The number of benzene rings is 1. The van der Waals surface area contributed by atoms with Crippen molar-refractivity contribution in [2.75, 3.05) is 35.4 Å². The lowest BCUT2D eigenvalue weighted by Crippen LogP contribution is -2.28. The summed E-state index contributed by atoms with van der Waals surface area (Å²) in [5, 5.41) is 31.3. The van der Waals surface area contributed by atoms with Crippen LogP contribution >= 0.6 is 0 Å². The Morgan fingerprint density at radius 1 is 1.12 bits per heavy atom. The number of hydrogen-bond acceptors (Lipinski definition) is 10. The average molecular weight is 363 g/mol. The standard InChI is InChI=1S/C14H17N7O5/c1-2-19(7-8-22)14-12(21(25)26)13(15-9-16-14)18-17-10-3-5-11(6-4-10)20(23)24/h3-6,9,17,22H,2,7-8H2,1H3,(H,15,16,18). The molecule has 12 nitrogen and oxygen atoms in total. The zero-order chi connectivity index (χ0) is 19.1. The van der Waals surface area contributed by atoms with Crippen LogP contribution < -0.4 is 15.8 Å². The molecule has 0 atom stereocenters. The Balaban J connectivity index is 2.25. The van der Waals surface area contributed by atoms with Crippen molar-refractivity contribution in [3.63, 3.8) is 0 Å². The van der Waals surface area contributed by atoms with Gasteiger partial charge in [0.1, 0.15) is 6.33 Å². The number of rotatable bonds is 9. The molecule has 0 spiro atoms. The van der Waals surface area contributed by atoms with Gasteiger partial charge in [-0.1, -0.05) is 0 Å². The van der Waals surface area contributed by atoms with Gasteiger partial charge in [-0.3, -0.25) is 31.1 Å². The average Bonchev–Trinajstić information content (AvgIpc) is 2.64. The number of nitro benzene ring substituents is 1. The molecule has 12 heteroatoms. The van der Waals surface area contributed by atoms with Crippen LogP contribution in [0.4, 0.5) is 28.7 Å². The van der Waals surface area contributed by atoms with Gasteiger partial charge in [0, 0.05) is 25.2 Å². The number of nitro groups is 2. The third-order valence-electron chi connectivity index (χ3n) is 3.44. The van der Waals surface area contributed by atoms with Gasteiger partial charge in [-0.2, -0.15) is 0 Å². The monoisotopic (exact) mass is 363 g/mol. The van der Waals surface area contributed by atoms with E-state index in [1.165, 1.54) is 30.6 Å². The summed E-state index contributed by atoms with van der Waals surface area (Å²) >= 11 is 0. The number of anilines is 3. The van der Waals surface area contributed by atoms with Crippen molar-refractivity contribution in [2.24, 2.45) is 0 Å². The molecule has 0 saturated heterocycles. The second-order valence-electron chi connectivity index (χ2n) is 5.01. The van der Waals surface area contributed by atoms with E-state index >= 15 is 0 Å². The molecule has 0 amide bonds. The fourth-order valence-electron chi connectivity index (χ4n) is 2.19. The van der Waals surface area contributed by atoms with E-state index in [0.29, 0.717) is 12.2 Å². The van der Waals surface area contributed by atoms with Crippen LogP contribution in [0.25, 0.3) is 0 Å². The van der Waals surface area contributed by atoms with Gasteiger partial charge >= 0.3 is 5.69 Å². The fourth-order valence-corrected chi connectivity index (χ4v) is 2.19. The predicted octanol–water partition coefficient (Wildman–Crippen LogP) is 1.55. The molecule has 0 saturated carbocycles. The first-order valence-corrected chi connectivity index (χ1v) is 7.59. The largest absolute Gasteiger partial charge is 0.395 e. The van der Waals surface area contributed by atoms with E-state index in [2.05, 4.69) is 20.8 Å². The topological polar surface area (TPSA) is 160 Å². The molecule has 1 aromatic heterocycles. The van der Waals surface area contributed by atoms with Gasteiger partial charge in [-0.15, -0.1) is 0 Å². The van der Waals surface area contributed by atoms with Crippen LogP contribution in [-0.2, 0) is 0 Å². The van der Waals surface area contributed by atoms with Crippen LogP contribution in [0.2, 0.25) is 0 Å². The molecule has 0 fully saturated rings. The van der Waals surface area contributed by atoms with E-state index in [9.17, 15) is 20.2 Å². The van der Waals surface area contributed by atoms with E-state index in [-0.39, 0.29) is 36.2 Å². The first kappa shape index (κ1) is 18.8. The van der Waals surface area contributed by atoms with E-state index in [0.717, 1.165) is 0 Å². The Labute approximate surface area is 147 Å². The molecule has 0 unspecified atom stereocenters. The summed E-state index contributed by atoms with van der Waals surface area (Å²) in [4.78, 5) is 30.4. The summed E-state index contributed by atoms with van der Waals surface area (Å²) in [6, 6.07) is 5.49. The number of aliphatic hydroxyl groups excluding tert-OH is 1. The van der Waals surface area contributed by atoms with Gasteiger partial charge in [0.15, 0.2) is 0 Å². The van der Waals surface area contributed by atoms with Crippen molar-refractivity contribution in [1.29, 1.82) is 0 Å². The maximum absolute atomic E-state index is 11.5. The number of hydrogen-bond donors (Lipinski definition) is 3. The molecule has 138 valence electrons. The molecule has 1 heterocycles. The van der Waals surface area contributed by atoms with Crippen LogP contribution in [0.5, 0.6) is 0 Å². The predicted molar refractivity (Wildman–Crippen MR) is 94.0 cm³/mol. The van der Waals surface area contributed by atoms with Crippen LogP contribution in [-0.4, -0.2) is 44.6 Å². The molecular formula is C14H17N7O5. The SMILES string of the molecule is CCN(CCO)c1ncnc(NNc2ccc([N+](=O)[O-])cc2)c1[N+](=O)[O-]. The second-order valence-corrected chi connectivity index (χ2v) is 5.01.